The van der Waals surface area contributed by atoms with Gasteiger partial charge in [0.25, 0.3) is 11.6 Å². The number of nitrogens with one attached hydrogen (secondary N) is 2. The van der Waals surface area contributed by atoms with E-state index in [1.54, 1.807) is 0 Å². The molecule has 33 heavy (non-hydrogen) atoms. The predicted molar refractivity (Wildman–Crippen MR) is 113 cm³/mol. The summed E-state index contributed by atoms with van der Waals surface area (Å²) in [6.45, 7) is 0. The molecule has 0 unspecified atom stereocenters. The molecular weight excluding hydrogens is 443 g/mol. The molecule has 3 aromatic rings. The number of nitrogens with two attached hydrogens (primary N) is 1. The average molecular weight is 459 g/mol. The van der Waals surface area contributed by atoms with Gasteiger partial charge in [-0.3, -0.25) is 19.7 Å². The van der Waals surface area contributed by atoms with Crippen LogP contribution < -0.4 is 16.4 Å². The molecule has 12 heteroatoms. The minimum absolute atomic E-state index is 0.0220. The van der Waals surface area contributed by atoms with Gasteiger partial charge in [0.05, 0.1) is 33.8 Å². The van der Waals surface area contributed by atoms with Crippen LogP contribution in [0.3, 0.4) is 0 Å². The molecule has 0 aliphatic rings. The molecule has 0 atom stereocenters. The molecule has 0 spiro atoms. The quantitative estimate of drug-likeness (QED) is 0.360. The Morgan fingerprint density at radius 2 is 1.73 bits per heavy atom. The molecule has 9 nitrogen and oxygen atoms in total. The van der Waals surface area contributed by atoms with Gasteiger partial charge < -0.3 is 16.4 Å². The summed E-state index contributed by atoms with van der Waals surface area (Å²) in [6, 6.07) is 12.0. The van der Waals surface area contributed by atoms with E-state index in [2.05, 4.69) is 15.6 Å². The highest BCUT2D eigenvalue weighted by molar-refractivity contribution is 5.99. The van der Waals surface area contributed by atoms with Gasteiger partial charge >= 0.3 is 6.18 Å². The number of para-hydroxylation sites is 1. The number of primary amides is 1. The van der Waals surface area contributed by atoms with Gasteiger partial charge in [0.15, 0.2) is 0 Å². The summed E-state index contributed by atoms with van der Waals surface area (Å²) in [7, 11) is 0. The molecule has 2 aromatic carbocycles. The number of anilines is 3. The Kier molecular flexibility index (Phi) is 6.56. The number of rotatable bonds is 7. The fourth-order valence-corrected chi connectivity index (χ4v) is 2.91. The highest BCUT2D eigenvalue weighted by Gasteiger charge is 2.34. The SMILES string of the molecule is NC(=O)c1ccccc1Nc1cc(NC(=O)Cc2ccc([N+](=O)[O-])cc2)ncc1C(F)(F)F. The van der Waals surface area contributed by atoms with Crippen LogP contribution in [0.2, 0.25) is 0 Å². The van der Waals surface area contributed by atoms with Crippen molar-refractivity contribution in [3.8, 4) is 0 Å². The Morgan fingerprint density at radius 1 is 1.06 bits per heavy atom. The number of hydrogen-bond acceptors (Lipinski definition) is 6. The lowest BCUT2D eigenvalue weighted by Crippen LogP contribution is -2.17. The lowest BCUT2D eigenvalue weighted by Gasteiger charge is -2.17. The zero-order valence-corrected chi connectivity index (χ0v) is 16.7. The van der Waals surface area contributed by atoms with Crippen molar-refractivity contribution in [3.05, 3.63) is 87.6 Å². The number of amides is 2. The van der Waals surface area contributed by atoms with Crippen molar-refractivity contribution in [2.24, 2.45) is 5.73 Å². The van der Waals surface area contributed by atoms with Gasteiger partial charge in [-0.2, -0.15) is 13.2 Å². The number of nitrogens with zero attached hydrogens (tertiary/aromatic N) is 2. The monoisotopic (exact) mass is 459 g/mol. The summed E-state index contributed by atoms with van der Waals surface area (Å²) in [5.41, 5.74) is 4.05. The lowest BCUT2D eigenvalue weighted by molar-refractivity contribution is -0.384. The molecule has 1 heterocycles. The zero-order chi connectivity index (χ0) is 24.2. The van der Waals surface area contributed by atoms with E-state index in [4.69, 9.17) is 5.73 Å². The molecule has 0 radical (unpaired) electrons. The minimum atomic E-state index is -4.77. The van der Waals surface area contributed by atoms with Crippen LogP contribution in [0.15, 0.2) is 60.8 Å². The van der Waals surface area contributed by atoms with Crippen LogP contribution in [0.5, 0.6) is 0 Å². The van der Waals surface area contributed by atoms with Crippen molar-refractivity contribution < 1.29 is 27.7 Å². The van der Waals surface area contributed by atoms with Crippen molar-refractivity contribution >= 4 is 34.7 Å². The minimum Gasteiger partial charge on any atom is -0.366 e. The highest BCUT2D eigenvalue weighted by Crippen LogP contribution is 2.37. The maximum atomic E-state index is 13.5. The van der Waals surface area contributed by atoms with E-state index in [0.29, 0.717) is 11.8 Å². The summed E-state index contributed by atoms with van der Waals surface area (Å²) < 4.78 is 40.4. The van der Waals surface area contributed by atoms with Crippen molar-refractivity contribution in [3.63, 3.8) is 0 Å². The van der Waals surface area contributed by atoms with Crippen molar-refractivity contribution in [1.82, 2.24) is 4.98 Å². The fourth-order valence-electron chi connectivity index (χ4n) is 2.91. The van der Waals surface area contributed by atoms with E-state index in [1.807, 2.05) is 0 Å². The first-order valence-corrected chi connectivity index (χ1v) is 9.31. The van der Waals surface area contributed by atoms with Crippen LogP contribution >= 0.6 is 0 Å². The number of non-ortho nitro benzene ring substituents is 1. The molecule has 1 aromatic heterocycles. The molecule has 0 aliphatic heterocycles. The lowest BCUT2D eigenvalue weighted by atomic mass is 10.1. The van der Waals surface area contributed by atoms with Crippen LogP contribution in [-0.4, -0.2) is 21.7 Å². The van der Waals surface area contributed by atoms with E-state index < -0.39 is 34.2 Å². The normalized spacial score (nSPS) is 11.0. The Labute approximate surface area is 184 Å². The third kappa shape index (κ3) is 5.81. The van der Waals surface area contributed by atoms with Crippen molar-refractivity contribution in [1.29, 1.82) is 0 Å². The molecule has 170 valence electrons. The number of hydrogen-bond donors (Lipinski definition) is 3. The maximum absolute atomic E-state index is 13.5. The van der Waals surface area contributed by atoms with Crippen molar-refractivity contribution in [2.45, 2.75) is 12.6 Å². The molecule has 0 saturated carbocycles. The van der Waals surface area contributed by atoms with E-state index in [1.165, 1.54) is 48.5 Å². The second-order valence-electron chi connectivity index (χ2n) is 6.80. The smallest absolute Gasteiger partial charge is 0.366 e. The van der Waals surface area contributed by atoms with Gasteiger partial charge in [-0.1, -0.05) is 24.3 Å². The number of benzene rings is 2. The number of alkyl halides is 3. The third-order valence-corrected chi connectivity index (χ3v) is 4.45. The van der Waals surface area contributed by atoms with Gasteiger partial charge in [-0.15, -0.1) is 0 Å². The standard InChI is InChI=1S/C21H16F3N5O4/c22-21(23,24)15-11-26-18(10-17(15)27-16-4-2-1-3-14(16)20(25)31)28-19(30)9-12-5-7-13(8-6-12)29(32)33/h1-8,10-11H,9H2,(H2,25,31)(H2,26,27,28,30). The summed E-state index contributed by atoms with van der Waals surface area (Å²) >= 11 is 0. The van der Waals surface area contributed by atoms with E-state index >= 15 is 0 Å². The number of nitro groups is 1. The number of carbonyl (C=O) groups excluding carboxylic acids is 2. The van der Waals surface area contributed by atoms with Crippen molar-refractivity contribution in [2.75, 3.05) is 10.6 Å². The summed E-state index contributed by atoms with van der Waals surface area (Å²) in [5, 5.41) is 15.6. The number of aromatic nitrogens is 1. The Hall–Kier alpha value is -4.48. The average Bonchev–Trinajstić information content (AvgIpc) is 2.73. The Morgan fingerprint density at radius 3 is 2.33 bits per heavy atom. The van der Waals surface area contributed by atoms with Gasteiger partial charge in [0.2, 0.25) is 5.91 Å². The third-order valence-electron chi connectivity index (χ3n) is 4.45. The molecule has 4 N–H and O–H groups in total. The summed E-state index contributed by atoms with van der Waals surface area (Å²) in [4.78, 5) is 37.7. The van der Waals surface area contributed by atoms with E-state index in [0.717, 1.165) is 6.07 Å². The van der Waals surface area contributed by atoms with E-state index in [9.17, 15) is 32.9 Å². The Balaban J connectivity index is 1.84. The summed E-state index contributed by atoms with van der Waals surface area (Å²) in [5.74, 6) is -1.61. The largest absolute Gasteiger partial charge is 0.419 e. The van der Waals surface area contributed by atoms with Crippen LogP contribution in [-0.2, 0) is 17.4 Å². The molecule has 0 fully saturated rings. The van der Waals surface area contributed by atoms with Crippen LogP contribution in [0.1, 0.15) is 21.5 Å². The van der Waals surface area contributed by atoms with Gasteiger partial charge in [0.1, 0.15) is 5.82 Å². The number of carbonyl (C=O) groups is 2. The van der Waals surface area contributed by atoms with E-state index in [-0.39, 0.29) is 29.2 Å². The predicted octanol–water partition coefficient (Wildman–Crippen LogP) is 4.03. The maximum Gasteiger partial charge on any atom is 0.419 e. The first kappa shape index (κ1) is 23.2. The molecule has 2 amide bonds. The molecule has 0 bridgehead atoms. The topological polar surface area (TPSA) is 140 Å². The summed E-state index contributed by atoms with van der Waals surface area (Å²) in [6.07, 6.45) is -4.40. The molecular formula is C21H16F3N5O4. The molecule has 0 aliphatic carbocycles. The first-order valence-electron chi connectivity index (χ1n) is 9.31. The number of pyridine rings is 1. The van der Waals surface area contributed by atoms with Gasteiger partial charge in [0, 0.05) is 24.4 Å². The fraction of sp³-hybridized carbons (Fsp3) is 0.0952. The molecule has 3 rings (SSSR count). The second kappa shape index (κ2) is 9.34. The first-order chi connectivity index (χ1) is 15.5. The molecule has 0 saturated heterocycles. The zero-order valence-electron chi connectivity index (χ0n) is 16.7. The van der Waals surface area contributed by atoms with Gasteiger partial charge in [-0.05, 0) is 17.7 Å². The van der Waals surface area contributed by atoms with Crippen LogP contribution in [0.4, 0.5) is 36.1 Å². The number of nitro benzene ring substituents is 1. The Bertz CT molecular complexity index is 1210. The van der Waals surface area contributed by atoms with Crippen LogP contribution in [0.25, 0.3) is 0 Å². The second-order valence-corrected chi connectivity index (χ2v) is 6.80. The van der Waals surface area contributed by atoms with Crippen LogP contribution in [0, 0.1) is 10.1 Å². The highest BCUT2D eigenvalue weighted by atomic mass is 19.4. The van der Waals surface area contributed by atoms with Gasteiger partial charge in [-0.25, -0.2) is 4.98 Å². The number of halogens is 3.